The minimum Gasteiger partial charge on any atom is -0.356 e. The van der Waals surface area contributed by atoms with Crippen molar-refractivity contribution in [2.24, 2.45) is 5.92 Å². The fourth-order valence-electron chi connectivity index (χ4n) is 2.57. The van der Waals surface area contributed by atoms with Gasteiger partial charge < -0.3 is 10.2 Å². The summed E-state index contributed by atoms with van der Waals surface area (Å²) >= 11 is 0. The SMILES string of the molecule is CN(CC1CCCNC1)c1nccn2cnnc12. The average molecular weight is 246 g/mol. The molecule has 0 aromatic carbocycles. The highest BCUT2D eigenvalue weighted by Crippen LogP contribution is 2.18. The largest absolute Gasteiger partial charge is 0.356 e. The van der Waals surface area contributed by atoms with Gasteiger partial charge in [-0.2, -0.15) is 0 Å². The molecule has 1 N–H and O–H groups in total. The van der Waals surface area contributed by atoms with Gasteiger partial charge in [-0.1, -0.05) is 0 Å². The molecule has 2 aromatic rings. The number of fused-ring (bicyclic) bond motifs is 1. The number of nitrogens with one attached hydrogen (secondary N) is 1. The molecule has 1 atom stereocenters. The molecule has 6 heteroatoms. The molecular weight excluding hydrogens is 228 g/mol. The van der Waals surface area contributed by atoms with Crippen LogP contribution in [0, 0.1) is 5.92 Å². The Morgan fingerprint density at radius 3 is 3.33 bits per heavy atom. The first-order valence-electron chi connectivity index (χ1n) is 6.41. The first-order chi connectivity index (χ1) is 8.84. The highest BCUT2D eigenvalue weighted by atomic mass is 15.3. The number of piperidine rings is 1. The van der Waals surface area contributed by atoms with E-state index in [1.807, 2.05) is 10.6 Å². The van der Waals surface area contributed by atoms with Crippen molar-refractivity contribution in [1.82, 2.24) is 24.9 Å². The zero-order valence-electron chi connectivity index (χ0n) is 10.6. The summed E-state index contributed by atoms with van der Waals surface area (Å²) in [5.41, 5.74) is 0.823. The van der Waals surface area contributed by atoms with Gasteiger partial charge in [0.05, 0.1) is 0 Å². The van der Waals surface area contributed by atoms with Crippen molar-refractivity contribution in [2.75, 3.05) is 31.6 Å². The molecule has 3 heterocycles. The number of anilines is 1. The lowest BCUT2D eigenvalue weighted by molar-refractivity contribution is 0.380. The maximum atomic E-state index is 4.43. The lowest BCUT2D eigenvalue weighted by atomic mass is 9.99. The Labute approximate surface area is 106 Å². The van der Waals surface area contributed by atoms with E-state index in [1.165, 1.54) is 12.8 Å². The van der Waals surface area contributed by atoms with Gasteiger partial charge in [0, 0.05) is 26.0 Å². The summed E-state index contributed by atoms with van der Waals surface area (Å²) in [6, 6.07) is 0. The van der Waals surface area contributed by atoms with E-state index in [0.717, 1.165) is 31.1 Å². The lowest BCUT2D eigenvalue weighted by Gasteiger charge is -2.28. The zero-order valence-corrected chi connectivity index (χ0v) is 10.6. The molecule has 6 nitrogen and oxygen atoms in total. The number of rotatable bonds is 3. The first-order valence-corrected chi connectivity index (χ1v) is 6.41. The van der Waals surface area contributed by atoms with E-state index in [0.29, 0.717) is 5.92 Å². The highest BCUT2D eigenvalue weighted by Gasteiger charge is 2.17. The fraction of sp³-hybridized carbons (Fsp3) is 0.583. The number of hydrogen-bond acceptors (Lipinski definition) is 5. The Kier molecular flexibility index (Phi) is 3.10. The zero-order chi connectivity index (χ0) is 12.4. The summed E-state index contributed by atoms with van der Waals surface area (Å²) in [6.07, 6.45) is 7.92. The van der Waals surface area contributed by atoms with Gasteiger partial charge in [0.25, 0.3) is 0 Å². The molecule has 0 radical (unpaired) electrons. The Morgan fingerprint density at radius 1 is 1.56 bits per heavy atom. The van der Waals surface area contributed by atoms with Crippen molar-refractivity contribution >= 4 is 11.5 Å². The van der Waals surface area contributed by atoms with Gasteiger partial charge in [-0.3, -0.25) is 4.40 Å². The smallest absolute Gasteiger partial charge is 0.203 e. The minimum absolute atomic E-state index is 0.689. The van der Waals surface area contributed by atoms with Gasteiger partial charge >= 0.3 is 0 Å². The molecule has 1 saturated heterocycles. The third-order valence-corrected chi connectivity index (χ3v) is 3.49. The molecule has 0 spiro atoms. The molecule has 96 valence electrons. The van der Waals surface area contributed by atoms with Crippen molar-refractivity contribution in [1.29, 1.82) is 0 Å². The summed E-state index contributed by atoms with van der Waals surface area (Å²) in [6.45, 7) is 3.25. The van der Waals surface area contributed by atoms with E-state index < -0.39 is 0 Å². The topological polar surface area (TPSA) is 58.4 Å². The molecule has 1 aliphatic heterocycles. The Hall–Kier alpha value is -1.69. The van der Waals surface area contributed by atoms with Gasteiger partial charge in [-0.25, -0.2) is 4.98 Å². The van der Waals surface area contributed by atoms with Crippen LogP contribution in [0.3, 0.4) is 0 Å². The second kappa shape index (κ2) is 4.89. The van der Waals surface area contributed by atoms with E-state index in [-0.39, 0.29) is 0 Å². The first kappa shape index (κ1) is 11.4. The molecule has 3 rings (SSSR count). The molecule has 0 amide bonds. The molecule has 2 aromatic heterocycles. The normalized spacial score (nSPS) is 20.2. The van der Waals surface area contributed by atoms with Gasteiger partial charge in [-0.05, 0) is 31.8 Å². The lowest BCUT2D eigenvalue weighted by Crippen LogP contribution is -2.37. The maximum absolute atomic E-state index is 4.43. The number of hydrogen-bond donors (Lipinski definition) is 1. The van der Waals surface area contributed by atoms with E-state index in [2.05, 4.69) is 32.4 Å². The Balaban J connectivity index is 1.78. The second-order valence-corrected chi connectivity index (χ2v) is 4.91. The van der Waals surface area contributed by atoms with Gasteiger partial charge in [0.1, 0.15) is 6.33 Å². The van der Waals surface area contributed by atoms with E-state index >= 15 is 0 Å². The van der Waals surface area contributed by atoms with Crippen LogP contribution in [0.4, 0.5) is 5.82 Å². The van der Waals surface area contributed by atoms with E-state index in [9.17, 15) is 0 Å². The summed E-state index contributed by atoms with van der Waals surface area (Å²) in [5.74, 6) is 1.59. The Bertz CT molecular complexity index is 516. The molecule has 0 bridgehead atoms. The maximum Gasteiger partial charge on any atom is 0.203 e. The van der Waals surface area contributed by atoms with Crippen LogP contribution in [0.15, 0.2) is 18.7 Å². The summed E-state index contributed by atoms with van der Waals surface area (Å²) in [7, 11) is 2.08. The summed E-state index contributed by atoms with van der Waals surface area (Å²) in [4.78, 5) is 6.61. The van der Waals surface area contributed by atoms with E-state index in [1.54, 1.807) is 12.5 Å². The van der Waals surface area contributed by atoms with Crippen LogP contribution in [0.5, 0.6) is 0 Å². The van der Waals surface area contributed by atoms with Crippen LogP contribution in [0.25, 0.3) is 5.65 Å². The summed E-state index contributed by atoms with van der Waals surface area (Å²) < 4.78 is 1.90. The summed E-state index contributed by atoms with van der Waals surface area (Å²) in [5, 5.41) is 11.5. The number of aromatic nitrogens is 4. The Morgan fingerprint density at radius 2 is 2.50 bits per heavy atom. The minimum atomic E-state index is 0.689. The van der Waals surface area contributed by atoms with Crippen LogP contribution in [0.2, 0.25) is 0 Å². The molecule has 1 unspecified atom stereocenters. The van der Waals surface area contributed by atoms with Crippen LogP contribution >= 0.6 is 0 Å². The number of nitrogens with zero attached hydrogens (tertiary/aromatic N) is 5. The van der Waals surface area contributed by atoms with Crippen molar-refractivity contribution < 1.29 is 0 Å². The molecule has 1 fully saturated rings. The highest BCUT2D eigenvalue weighted by molar-refractivity contribution is 5.62. The van der Waals surface area contributed by atoms with E-state index in [4.69, 9.17) is 0 Å². The average Bonchev–Trinajstić information content (AvgIpc) is 2.87. The standard InChI is InChI=1S/C12H18N6/c1-17(8-10-3-2-4-13-7-10)11-12-16-15-9-18(12)6-5-14-11/h5-6,9-10,13H,2-4,7-8H2,1H3. The van der Waals surface area contributed by atoms with Crippen LogP contribution < -0.4 is 10.2 Å². The molecule has 0 aliphatic carbocycles. The van der Waals surface area contributed by atoms with Gasteiger partial charge in [0.15, 0.2) is 5.82 Å². The van der Waals surface area contributed by atoms with Crippen LogP contribution in [0.1, 0.15) is 12.8 Å². The molecule has 0 saturated carbocycles. The van der Waals surface area contributed by atoms with Crippen molar-refractivity contribution in [3.05, 3.63) is 18.7 Å². The van der Waals surface area contributed by atoms with Gasteiger partial charge in [0.2, 0.25) is 5.65 Å². The molecule has 1 aliphatic rings. The quantitative estimate of drug-likeness (QED) is 0.857. The third-order valence-electron chi connectivity index (χ3n) is 3.49. The molecular formula is C12H18N6. The predicted octanol–water partition coefficient (Wildman–Crippen LogP) is 0.560. The predicted molar refractivity (Wildman–Crippen MR) is 69.6 cm³/mol. The van der Waals surface area contributed by atoms with Crippen molar-refractivity contribution in [2.45, 2.75) is 12.8 Å². The monoisotopic (exact) mass is 246 g/mol. The van der Waals surface area contributed by atoms with Crippen molar-refractivity contribution in [3.8, 4) is 0 Å². The third kappa shape index (κ3) is 2.15. The second-order valence-electron chi connectivity index (χ2n) is 4.91. The molecule has 18 heavy (non-hydrogen) atoms. The van der Waals surface area contributed by atoms with Crippen molar-refractivity contribution in [3.63, 3.8) is 0 Å². The van der Waals surface area contributed by atoms with Crippen LogP contribution in [-0.4, -0.2) is 46.3 Å². The van der Waals surface area contributed by atoms with Gasteiger partial charge in [-0.15, -0.1) is 10.2 Å². The van der Waals surface area contributed by atoms with Crippen LogP contribution in [-0.2, 0) is 0 Å². The fourth-order valence-corrected chi connectivity index (χ4v) is 2.57.